The van der Waals surface area contributed by atoms with E-state index in [2.05, 4.69) is 31.4 Å². The molecule has 1 aliphatic rings. The molecule has 0 spiro atoms. The van der Waals surface area contributed by atoms with Gasteiger partial charge in [0.05, 0.1) is 0 Å². The van der Waals surface area contributed by atoms with Crippen molar-refractivity contribution in [2.75, 3.05) is 11.9 Å². The Hall–Kier alpha value is -2.14. The Labute approximate surface area is 136 Å². The van der Waals surface area contributed by atoms with E-state index in [1.165, 1.54) is 0 Å². The molecule has 0 saturated heterocycles. The molecular weight excluding hydrogens is 292 g/mol. The summed E-state index contributed by atoms with van der Waals surface area (Å²) in [5.74, 6) is -1.30. The third kappa shape index (κ3) is 4.66. The van der Waals surface area contributed by atoms with Crippen LogP contribution in [0, 0.1) is 5.92 Å². The summed E-state index contributed by atoms with van der Waals surface area (Å²) in [7, 11) is 0. The van der Waals surface area contributed by atoms with E-state index in [9.17, 15) is 9.59 Å². The lowest BCUT2D eigenvalue weighted by Gasteiger charge is -2.19. The highest BCUT2D eigenvalue weighted by Gasteiger charge is 2.23. The van der Waals surface area contributed by atoms with Gasteiger partial charge < -0.3 is 15.7 Å². The summed E-state index contributed by atoms with van der Waals surface area (Å²) in [5, 5.41) is 14.3. The number of aliphatic hydroxyl groups is 1. The van der Waals surface area contributed by atoms with Crippen molar-refractivity contribution in [3.05, 3.63) is 42.0 Å². The van der Waals surface area contributed by atoms with Crippen LogP contribution in [0.3, 0.4) is 0 Å². The van der Waals surface area contributed by atoms with Gasteiger partial charge in [-0.3, -0.25) is 9.59 Å². The molecule has 0 fully saturated rings. The van der Waals surface area contributed by atoms with E-state index in [4.69, 9.17) is 5.11 Å². The zero-order chi connectivity index (χ0) is 17.0. The van der Waals surface area contributed by atoms with Crippen molar-refractivity contribution in [2.24, 2.45) is 5.92 Å². The van der Waals surface area contributed by atoms with Crippen LogP contribution < -0.4 is 10.6 Å². The molecule has 0 radical (unpaired) electrons. The van der Waals surface area contributed by atoms with Gasteiger partial charge in [0, 0.05) is 24.3 Å². The molecule has 23 heavy (non-hydrogen) atoms. The van der Waals surface area contributed by atoms with E-state index < -0.39 is 11.8 Å². The molecular formula is C18H24N2O3. The summed E-state index contributed by atoms with van der Waals surface area (Å²) < 4.78 is 0. The number of carbonyl (C=O) groups excluding carboxylic acids is 2. The molecule has 5 nitrogen and oxygen atoms in total. The Balaban J connectivity index is 1.89. The van der Waals surface area contributed by atoms with Gasteiger partial charge in [0.2, 0.25) is 0 Å². The Morgan fingerprint density at radius 1 is 1.13 bits per heavy atom. The minimum atomic E-state index is -0.686. The van der Waals surface area contributed by atoms with Gasteiger partial charge in [-0.15, -0.1) is 0 Å². The number of aliphatic hydroxyl groups excluding tert-OH is 1. The second kappa shape index (κ2) is 6.96. The van der Waals surface area contributed by atoms with Crippen LogP contribution in [0.15, 0.2) is 36.4 Å². The number of nitrogens with one attached hydrogen (secondary N) is 2. The third-order valence-electron chi connectivity index (χ3n) is 3.94. The van der Waals surface area contributed by atoms with Gasteiger partial charge in [-0.1, -0.05) is 45.1 Å². The smallest absolute Gasteiger partial charge is 0.313 e. The molecule has 1 aromatic carbocycles. The zero-order valence-electron chi connectivity index (χ0n) is 13.8. The number of hydrogen-bond acceptors (Lipinski definition) is 3. The van der Waals surface area contributed by atoms with Crippen molar-refractivity contribution < 1.29 is 14.7 Å². The van der Waals surface area contributed by atoms with Crippen LogP contribution in [-0.4, -0.2) is 29.6 Å². The van der Waals surface area contributed by atoms with E-state index in [0.717, 1.165) is 5.56 Å². The van der Waals surface area contributed by atoms with Crippen molar-refractivity contribution in [1.29, 1.82) is 0 Å². The fraction of sp³-hybridized carbons (Fsp3) is 0.444. The third-order valence-corrected chi connectivity index (χ3v) is 3.94. The molecule has 2 amide bonds. The minimum absolute atomic E-state index is 0.0397. The summed E-state index contributed by atoms with van der Waals surface area (Å²) in [6.45, 7) is 6.39. The monoisotopic (exact) mass is 316 g/mol. The van der Waals surface area contributed by atoms with Gasteiger partial charge in [-0.25, -0.2) is 0 Å². The normalized spacial score (nSPS) is 20.3. The summed E-state index contributed by atoms with van der Waals surface area (Å²) in [5.41, 5.74) is 1.79. The van der Waals surface area contributed by atoms with Gasteiger partial charge in [0.15, 0.2) is 0 Å². The molecule has 5 heteroatoms. The summed E-state index contributed by atoms with van der Waals surface area (Å²) in [4.78, 5) is 23.8. The van der Waals surface area contributed by atoms with E-state index >= 15 is 0 Å². The second-order valence-corrected chi connectivity index (χ2v) is 6.92. The highest BCUT2D eigenvalue weighted by atomic mass is 16.3. The van der Waals surface area contributed by atoms with E-state index in [1.54, 1.807) is 12.1 Å². The van der Waals surface area contributed by atoms with Crippen LogP contribution in [0.25, 0.3) is 0 Å². The van der Waals surface area contributed by atoms with Crippen molar-refractivity contribution in [3.63, 3.8) is 0 Å². The van der Waals surface area contributed by atoms with Crippen molar-refractivity contribution >= 4 is 17.5 Å². The first-order valence-electron chi connectivity index (χ1n) is 7.81. The maximum absolute atomic E-state index is 11.9. The molecule has 0 aliphatic heterocycles. The Kier molecular flexibility index (Phi) is 5.21. The fourth-order valence-corrected chi connectivity index (χ4v) is 2.49. The molecule has 0 aromatic heterocycles. The van der Waals surface area contributed by atoms with Crippen LogP contribution in [-0.2, 0) is 15.0 Å². The average molecular weight is 316 g/mol. The van der Waals surface area contributed by atoms with Crippen LogP contribution in [0.4, 0.5) is 5.69 Å². The first-order valence-corrected chi connectivity index (χ1v) is 7.81. The highest BCUT2D eigenvalue weighted by molar-refractivity contribution is 6.39. The molecule has 2 atom stereocenters. The second-order valence-electron chi connectivity index (χ2n) is 6.92. The highest BCUT2D eigenvalue weighted by Crippen LogP contribution is 2.23. The molecule has 0 heterocycles. The first-order chi connectivity index (χ1) is 10.8. The lowest BCUT2D eigenvalue weighted by molar-refractivity contribution is -0.136. The van der Waals surface area contributed by atoms with Crippen molar-refractivity contribution in [3.8, 4) is 0 Å². The summed E-state index contributed by atoms with van der Waals surface area (Å²) >= 11 is 0. The molecule has 2 rings (SSSR count). The Morgan fingerprint density at radius 3 is 2.30 bits per heavy atom. The molecule has 124 valence electrons. The topological polar surface area (TPSA) is 78.4 Å². The van der Waals surface area contributed by atoms with Gasteiger partial charge in [-0.05, 0) is 29.5 Å². The number of carbonyl (C=O) groups is 2. The SMILES string of the molecule is CC(C)(C)c1ccc(NC(=O)C(=O)N[C@@H]2C=C[C@H](CO)C2)cc1. The van der Waals surface area contributed by atoms with Crippen LogP contribution in [0.2, 0.25) is 0 Å². The van der Waals surface area contributed by atoms with Gasteiger partial charge in [0.1, 0.15) is 0 Å². The molecule has 1 aliphatic carbocycles. The van der Waals surface area contributed by atoms with Gasteiger partial charge in [-0.2, -0.15) is 0 Å². The van der Waals surface area contributed by atoms with Crippen LogP contribution in [0.1, 0.15) is 32.8 Å². The predicted octanol–water partition coefficient (Wildman–Crippen LogP) is 1.98. The van der Waals surface area contributed by atoms with Crippen molar-refractivity contribution in [1.82, 2.24) is 5.32 Å². The molecule has 0 bridgehead atoms. The minimum Gasteiger partial charge on any atom is -0.396 e. The lowest BCUT2D eigenvalue weighted by atomic mass is 9.87. The van der Waals surface area contributed by atoms with E-state index in [-0.39, 0.29) is 24.0 Å². The quantitative estimate of drug-likeness (QED) is 0.589. The summed E-state index contributed by atoms with van der Waals surface area (Å²) in [6.07, 6.45) is 4.29. The van der Waals surface area contributed by atoms with Crippen LogP contribution >= 0.6 is 0 Å². The molecule has 1 aromatic rings. The maximum Gasteiger partial charge on any atom is 0.313 e. The van der Waals surface area contributed by atoms with Crippen molar-refractivity contribution in [2.45, 2.75) is 38.6 Å². The predicted molar refractivity (Wildman–Crippen MR) is 90.0 cm³/mol. The van der Waals surface area contributed by atoms with Gasteiger partial charge in [0.25, 0.3) is 0 Å². The Morgan fingerprint density at radius 2 is 1.78 bits per heavy atom. The number of anilines is 1. The lowest BCUT2D eigenvalue weighted by Crippen LogP contribution is -2.40. The van der Waals surface area contributed by atoms with E-state index in [0.29, 0.717) is 12.1 Å². The molecule has 0 unspecified atom stereocenters. The Bertz CT molecular complexity index is 600. The number of hydrogen-bond donors (Lipinski definition) is 3. The molecule has 3 N–H and O–H groups in total. The van der Waals surface area contributed by atoms with Gasteiger partial charge >= 0.3 is 11.8 Å². The first kappa shape index (κ1) is 17.2. The fourth-order valence-electron chi connectivity index (χ4n) is 2.49. The maximum atomic E-state index is 11.9. The standard InChI is InChI=1S/C18H24N2O3/c1-18(2,3)13-5-8-14(9-6-13)19-16(22)17(23)20-15-7-4-12(10-15)11-21/h4-9,12,15,21H,10-11H2,1-3H3,(H,19,22)(H,20,23)/t12-,15+/m0/s1. The number of benzene rings is 1. The van der Waals surface area contributed by atoms with Crippen LogP contribution in [0.5, 0.6) is 0 Å². The average Bonchev–Trinajstić information content (AvgIpc) is 2.94. The zero-order valence-corrected chi connectivity index (χ0v) is 13.8. The number of amides is 2. The number of rotatable bonds is 3. The molecule has 0 saturated carbocycles. The summed E-state index contributed by atoms with van der Waals surface area (Å²) in [6, 6.07) is 7.28. The largest absolute Gasteiger partial charge is 0.396 e. The van der Waals surface area contributed by atoms with E-state index in [1.807, 2.05) is 24.3 Å².